The van der Waals surface area contributed by atoms with Crippen LogP contribution in [-0.4, -0.2) is 23.6 Å². The molecule has 0 spiro atoms. The molecule has 0 saturated carbocycles. The maximum Gasteiger partial charge on any atom is 0.573 e. The average Bonchev–Trinajstić information content (AvgIpc) is 2.44. The zero-order chi connectivity index (χ0) is 15.5. The van der Waals surface area contributed by atoms with Crippen molar-refractivity contribution in [2.24, 2.45) is 0 Å². The number of rotatable bonds is 4. The van der Waals surface area contributed by atoms with E-state index in [9.17, 15) is 18.3 Å². The van der Waals surface area contributed by atoms with Crippen molar-refractivity contribution >= 4 is 0 Å². The SMILES string of the molecule is COc1cncc(-c2cccc(OC(F)(F)F)c2)c1CO. The van der Waals surface area contributed by atoms with Gasteiger partial charge in [-0.3, -0.25) is 4.98 Å². The van der Waals surface area contributed by atoms with Gasteiger partial charge in [-0.2, -0.15) is 0 Å². The third-order valence-corrected chi connectivity index (χ3v) is 2.77. The molecule has 0 atom stereocenters. The molecule has 21 heavy (non-hydrogen) atoms. The van der Waals surface area contributed by atoms with Crippen LogP contribution in [0.5, 0.6) is 11.5 Å². The predicted octanol–water partition coefficient (Wildman–Crippen LogP) is 3.15. The third-order valence-electron chi connectivity index (χ3n) is 2.77. The Morgan fingerprint density at radius 2 is 2.00 bits per heavy atom. The molecule has 7 heteroatoms. The summed E-state index contributed by atoms with van der Waals surface area (Å²) >= 11 is 0. The second-order valence-electron chi connectivity index (χ2n) is 4.10. The second-order valence-corrected chi connectivity index (χ2v) is 4.10. The number of ether oxygens (including phenoxy) is 2. The van der Waals surface area contributed by atoms with Crippen molar-refractivity contribution in [3.8, 4) is 22.6 Å². The minimum absolute atomic E-state index is 0.328. The van der Waals surface area contributed by atoms with Gasteiger partial charge in [0, 0.05) is 17.3 Å². The largest absolute Gasteiger partial charge is 0.573 e. The minimum Gasteiger partial charge on any atom is -0.495 e. The zero-order valence-electron chi connectivity index (χ0n) is 11.0. The van der Waals surface area contributed by atoms with E-state index in [4.69, 9.17) is 4.74 Å². The Balaban J connectivity index is 2.45. The van der Waals surface area contributed by atoms with E-state index in [1.165, 1.54) is 37.7 Å². The normalized spacial score (nSPS) is 11.3. The van der Waals surface area contributed by atoms with Crippen molar-refractivity contribution < 1.29 is 27.8 Å². The summed E-state index contributed by atoms with van der Waals surface area (Å²) in [7, 11) is 1.42. The molecular weight excluding hydrogens is 287 g/mol. The van der Waals surface area contributed by atoms with E-state index in [2.05, 4.69) is 9.72 Å². The Hall–Kier alpha value is -2.28. The van der Waals surface area contributed by atoms with Crippen LogP contribution in [0.3, 0.4) is 0 Å². The maximum absolute atomic E-state index is 12.2. The Bertz CT molecular complexity index is 629. The number of nitrogens with zero attached hydrogens (tertiary/aromatic N) is 1. The van der Waals surface area contributed by atoms with E-state index in [1.807, 2.05) is 0 Å². The number of aromatic nitrogens is 1. The van der Waals surface area contributed by atoms with Crippen LogP contribution >= 0.6 is 0 Å². The molecule has 1 heterocycles. The Labute approximate surface area is 118 Å². The molecule has 4 nitrogen and oxygen atoms in total. The lowest BCUT2D eigenvalue weighted by Gasteiger charge is -2.13. The number of alkyl halides is 3. The first-order chi connectivity index (χ1) is 9.94. The van der Waals surface area contributed by atoms with Crippen LogP contribution in [0.4, 0.5) is 13.2 Å². The zero-order valence-corrected chi connectivity index (χ0v) is 11.0. The molecule has 0 aliphatic carbocycles. The lowest BCUT2D eigenvalue weighted by molar-refractivity contribution is -0.274. The molecule has 0 radical (unpaired) electrons. The number of benzene rings is 1. The van der Waals surface area contributed by atoms with Gasteiger partial charge in [-0.05, 0) is 17.7 Å². The Kier molecular flexibility index (Phi) is 4.32. The molecule has 0 aliphatic rings. The van der Waals surface area contributed by atoms with E-state index < -0.39 is 6.36 Å². The van der Waals surface area contributed by atoms with Gasteiger partial charge in [-0.15, -0.1) is 13.2 Å². The van der Waals surface area contributed by atoms with E-state index >= 15 is 0 Å². The van der Waals surface area contributed by atoms with Crippen LogP contribution in [0.1, 0.15) is 5.56 Å². The van der Waals surface area contributed by atoms with E-state index in [-0.39, 0.29) is 12.4 Å². The molecule has 1 aromatic carbocycles. The molecule has 0 aliphatic heterocycles. The van der Waals surface area contributed by atoms with Gasteiger partial charge in [0.2, 0.25) is 0 Å². The lowest BCUT2D eigenvalue weighted by Crippen LogP contribution is -2.17. The first kappa shape index (κ1) is 15.1. The Morgan fingerprint density at radius 3 is 2.62 bits per heavy atom. The standard InChI is InChI=1S/C14H12F3NO3/c1-20-13-7-18-6-11(12(13)8-19)9-3-2-4-10(5-9)21-14(15,16)17/h2-7,19H,8H2,1H3. The third kappa shape index (κ3) is 3.63. The summed E-state index contributed by atoms with van der Waals surface area (Å²) in [6, 6.07) is 5.45. The number of hydrogen-bond acceptors (Lipinski definition) is 4. The summed E-state index contributed by atoms with van der Waals surface area (Å²) < 4.78 is 45.7. The number of pyridine rings is 1. The molecule has 2 rings (SSSR count). The van der Waals surface area contributed by atoms with Crippen molar-refractivity contribution in [3.63, 3.8) is 0 Å². The number of aliphatic hydroxyl groups is 1. The fraction of sp³-hybridized carbons (Fsp3) is 0.214. The number of methoxy groups -OCH3 is 1. The van der Waals surface area contributed by atoms with Crippen molar-refractivity contribution in [1.82, 2.24) is 4.98 Å². The van der Waals surface area contributed by atoms with E-state index in [1.54, 1.807) is 6.07 Å². The Morgan fingerprint density at radius 1 is 1.24 bits per heavy atom. The molecule has 0 bridgehead atoms. The van der Waals surface area contributed by atoms with Crippen molar-refractivity contribution in [3.05, 3.63) is 42.2 Å². The smallest absolute Gasteiger partial charge is 0.495 e. The molecule has 0 fully saturated rings. The van der Waals surface area contributed by atoms with Gasteiger partial charge in [0.15, 0.2) is 0 Å². The van der Waals surface area contributed by atoms with Crippen LogP contribution < -0.4 is 9.47 Å². The van der Waals surface area contributed by atoms with Gasteiger partial charge in [0.25, 0.3) is 0 Å². The van der Waals surface area contributed by atoms with Gasteiger partial charge in [0.1, 0.15) is 11.5 Å². The molecule has 0 saturated heterocycles. The maximum atomic E-state index is 12.2. The monoisotopic (exact) mass is 299 g/mol. The summed E-state index contributed by atoms with van der Waals surface area (Å²) in [6.45, 7) is -0.328. The van der Waals surface area contributed by atoms with Gasteiger partial charge in [-0.25, -0.2) is 0 Å². The quantitative estimate of drug-likeness (QED) is 0.942. The predicted molar refractivity (Wildman–Crippen MR) is 68.8 cm³/mol. The summed E-state index contributed by atoms with van der Waals surface area (Å²) in [5.41, 5.74) is 1.35. The molecule has 1 aromatic heterocycles. The first-order valence-corrected chi connectivity index (χ1v) is 5.92. The summed E-state index contributed by atoms with van der Waals surface area (Å²) in [4.78, 5) is 3.95. The van der Waals surface area contributed by atoms with Crippen LogP contribution in [0.15, 0.2) is 36.7 Å². The van der Waals surface area contributed by atoms with Crippen molar-refractivity contribution in [2.45, 2.75) is 13.0 Å². The number of hydrogen-bond donors (Lipinski definition) is 1. The highest BCUT2D eigenvalue weighted by molar-refractivity contribution is 5.70. The second kappa shape index (κ2) is 6.01. The average molecular weight is 299 g/mol. The molecule has 2 aromatic rings. The highest BCUT2D eigenvalue weighted by Crippen LogP contribution is 2.32. The molecule has 0 amide bonds. The molecule has 112 valence electrons. The highest BCUT2D eigenvalue weighted by Gasteiger charge is 2.31. The van der Waals surface area contributed by atoms with Gasteiger partial charge in [-0.1, -0.05) is 12.1 Å². The fourth-order valence-electron chi connectivity index (χ4n) is 1.92. The number of aliphatic hydroxyl groups excluding tert-OH is 1. The van der Waals surface area contributed by atoms with Crippen molar-refractivity contribution in [2.75, 3.05) is 7.11 Å². The van der Waals surface area contributed by atoms with Crippen LogP contribution in [0.25, 0.3) is 11.1 Å². The molecule has 0 unspecified atom stereocenters. The van der Waals surface area contributed by atoms with Gasteiger partial charge in [0.05, 0.1) is 19.9 Å². The number of halogens is 3. The molecular formula is C14H12F3NO3. The summed E-state index contributed by atoms with van der Waals surface area (Å²) in [5, 5.41) is 9.43. The summed E-state index contributed by atoms with van der Waals surface area (Å²) in [5.74, 6) is 0.0175. The fourth-order valence-corrected chi connectivity index (χ4v) is 1.92. The lowest BCUT2D eigenvalue weighted by atomic mass is 10.0. The van der Waals surface area contributed by atoms with E-state index in [0.29, 0.717) is 22.4 Å². The van der Waals surface area contributed by atoms with Gasteiger partial charge >= 0.3 is 6.36 Å². The highest BCUT2D eigenvalue weighted by atomic mass is 19.4. The van der Waals surface area contributed by atoms with Crippen LogP contribution in [0.2, 0.25) is 0 Å². The molecule has 1 N–H and O–H groups in total. The van der Waals surface area contributed by atoms with Crippen LogP contribution in [-0.2, 0) is 6.61 Å². The summed E-state index contributed by atoms with van der Waals surface area (Å²) in [6.07, 6.45) is -1.89. The van der Waals surface area contributed by atoms with Crippen molar-refractivity contribution in [1.29, 1.82) is 0 Å². The van der Waals surface area contributed by atoms with Gasteiger partial charge < -0.3 is 14.6 Å². The topological polar surface area (TPSA) is 51.6 Å². The minimum atomic E-state index is -4.76. The van der Waals surface area contributed by atoms with Crippen LogP contribution in [0, 0.1) is 0 Å². The van der Waals surface area contributed by atoms with E-state index in [0.717, 1.165) is 0 Å². The first-order valence-electron chi connectivity index (χ1n) is 5.92.